The van der Waals surface area contributed by atoms with E-state index >= 15 is 0 Å². The molecule has 0 aliphatic heterocycles. The molecule has 21 heavy (non-hydrogen) atoms. The molecule has 106 valence electrons. The fourth-order valence-electron chi connectivity index (χ4n) is 1.65. The fourth-order valence-corrected chi connectivity index (χ4v) is 1.86. The number of carbonyl (C=O) groups excluding carboxylic acids is 1. The lowest BCUT2D eigenvalue weighted by molar-refractivity contribution is -0.389. The standard InChI is InChI=1S/C10H6ClN7O3/c11-7-6-8(13-3-12-6)16-10(15-7)17-9(19)4-1-2-5(14-4)18(20)21/h1-3,14H,(H2,12,13,15,16,17,19). The molecule has 3 aromatic rings. The molecule has 11 heteroatoms. The molecule has 0 radical (unpaired) electrons. The maximum atomic E-state index is 11.9. The van der Waals surface area contributed by atoms with Crippen molar-refractivity contribution in [2.45, 2.75) is 0 Å². The highest BCUT2D eigenvalue weighted by molar-refractivity contribution is 6.33. The van der Waals surface area contributed by atoms with Gasteiger partial charge in [-0.1, -0.05) is 11.6 Å². The van der Waals surface area contributed by atoms with Gasteiger partial charge in [0.15, 0.2) is 16.5 Å². The predicted octanol–water partition coefficient (Wildman–Crippen LogP) is 1.49. The van der Waals surface area contributed by atoms with Crippen molar-refractivity contribution in [1.29, 1.82) is 0 Å². The Balaban J connectivity index is 1.86. The number of hydrogen-bond donors (Lipinski definition) is 3. The number of carbonyl (C=O) groups is 1. The minimum absolute atomic E-state index is 0.00328. The van der Waals surface area contributed by atoms with E-state index in [1.54, 1.807) is 0 Å². The van der Waals surface area contributed by atoms with Crippen molar-refractivity contribution in [1.82, 2.24) is 24.9 Å². The summed E-state index contributed by atoms with van der Waals surface area (Å²) in [6, 6.07) is 2.46. The molecule has 0 bridgehead atoms. The van der Waals surface area contributed by atoms with E-state index < -0.39 is 10.8 Å². The van der Waals surface area contributed by atoms with Gasteiger partial charge in [0.2, 0.25) is 5.95 Å². The first-order chi connectivity index (χ1) is 10.0. The summed E-state index contributed by atoms with van der Waals surface area (Å²) in [4.78, 5) is 38.7. The van der Waals surface area contributed by atoms with Crippen LogP contribution in [0.3, 0.4) is 0 Å². The zero-order chi connectivity index (χ0) is 15.0. The molecule has 0 atom stereocenters. The van der Waals surface area contributed by atoms with E-state index in [1.165, 1.54) is 18.5 Å². The number of fused-ring (bicyclic) bond motifs is 1. The molecular weight excluding hydrogens is 302 g/mol. The molecule has 0 saturated heterocycles. The van der Waals surface area contributed by atoms with Gasteiger partial charge >= 0.3 is 5.82 Å². The number of amides is 1. The van der Waals surface area contributed by atoms with Crippen molar-refractivity contribution in [2.24, 2.45) is 0 Å². The van der Waals surface area contributed by atoms with Gasteiger partial charge in [0.1, 0.15) is 5.52 Å². The smallest absolute Gasteiger partial charge is 0.321 e. The van der Waals surface area contributed by atoms with Gasteiger partial charge in [-0.15, -0.1) is 0 Å². The topological polar surface area (TPSA) is 142 Å². The lowest BCUT2D eigenvalue weighted by Crippen LogP contribution is -2.14. The summed E-state index contributed by atoms with van der Waals surface area (Å²) in [5, 5.41) is 13.0. The van der Waals surface area contributed by atoms with Gasteiger partial charge < -0.3 is 15.1 Å². The molecule has 10 nitrogen and oxygen atoms in total. The van der Waals surface area contributed by atoms with E-state index in [2.05, 4.69) is 30.2 Å². The van der Waals surface area contributed by atoms with Crippen LogP contribution in [0.15, 0.2) is 18.5 Å². The number of aromatic amines is 2. The summed E-state index contributed by atoms with van der Waals surface area (Å²) < 4.78 is 0. The molecular formula is C10H6ClN7O3. The van der Waals surface area contributed by atoms with Crippen LogP contribution < -0.4 is 5.32 Å². The number of hydrogen-bond acceptors (Lipinski definition) is 6. The number of nitrogens with zero attached hydrogens (tertiary/aromatic N) is 4. The number of nitrogens with one attached hydrogen (secondary N) is 3. The van der Waals surface area contributed by atoms with Crippen LogP contribution in [-0.4, -0.2) is 35.8 Å². The summed E-state index contributed by atoms with van der Waals surface area (Å²) in [5.74, 6) is -0.974. The molecule has 0 aliphatic rings. The lowest BCUT2D eigenvalue weighted by atomic mass is 10.4. The van der Waals surface area contributed by atoms with Crippen LogP contribution in [0.25, 0.3) is 11.2 Å². The highest BCUT2D eigenvalue weighted by Gasteiger charge is 2.17. The number of imidazole rings is 1. The lowest BCUT2D eigenvalue weighted by Gasteiger charge is -2.01. The van der Waals surface area contributed by atoms with Gasteiger partial charge in [0, 0.05) is 6.07 Å². The van der Waals surface area contributed by atoms with E-state index in [0.717, 1.165) is 0 Å². The second kappa shape index (κ2) is 4.83. The normalized spacial score (nSPS) is 10.7. The first-order valence-electron chi connectivity index (χ1n) is 5.56. The summed E-state index contributed by atoms with van der Waals surface area (Å²) in [6.45, 7) is 0. The number of rotatable bonds is 3. The minimum Gasteiger partial charge on any atom is -0.358 e. The maximum Gasteiger partial charge on any atom is 0.321 e. The van der Waals surface area contributed by atoms with Gasteiger partial charge in [0.05, 0.1) is 6.33 Å². The number of H-pyrrole nitrogens is 2. The van der Waals surface area contributed by atoms with Gasteiger partial charge in [-0.3, -0.25) is 10.1 Å². The van der Waals surface area contributed by atoms with Crippen LogP contribution in [0.1, 0.15) is 10.5 Å². The molecule has 3 rings (SSSR count). The van der Waals surface area contributed by atoms with Gasteiger partial charge in [-0.2, -0.15) is 9.97 Å². The first kappa shape index (κ1) is 13.0. The quantitative estimate of drug-likeness (QED) is 0.380. The molecule has 0 unspecified atom stereocenters. The molecule has 0 aliphatic carbocycles. The van der Waals surface area contributed by atoms with Crippen LogP contribution in [0.4, 0.5) is 11.8 Å². The summed E-state index contributed by atoms with van der Waals surface area (Å²) >= 11 is 5.91. The molecule has 0 saturated carbocycles. The average Bonchev–Trinajstić information content (AvgIpc) is 3.07. The number of anilines is 1. The van der Waals surface area contributed by atoms with Crippen LogP contribution in [0.2, 0.25) is 5.15 Å². The highest BCUT2D eigenvalue weighted by Crippen LogP contribution is 2.18. The summed E-state index contributed by atoms with van der Waals surface area (Å²) in [5.41, 5.74) is 0.747. The monoisotopic (exact) mass is 307 g/mol. The third-order valence-corrected chi connectivity index (χ3v) is 2.85. The van der Waals surface area contributed by atoms with Crippen molar-refractivity contribution in [2.75, 3.05) is 5.32 Å². The summed E-state index contributed by atoms with van der Waals surface area (Å²) in [7, 11) is 0. The Morgan fingerprint density at radius 3 is 2.90 bits per heavy atom. The van der Waals surface area contributed by atoms with E-state index in [-0.39, 0.29) is 22.6 Å². The Bertz CT molecular complexity index is 855. The Kier molecular flexibility index (Phi) is 2.99. The van der Waals surface area contributed by atoms with Crippen molar-refractivity contribution >= 4 is 40.4 Å². The van der Waals surface area contributed by atoms with Crippen molar-refractivity contribution in [3.63, 3.8) is 0 Å². The van der Waals surface area contributed by atoms with Crippen molar-refractivity contribution in [3.05, 3.63) is 39.4 Å². The van der Waals surface area contributed by atoms with E-state index in [4.69, 9.17) is 11.6 Å². The third-order valence-electron chi connectivity index (χ3n) is 2.58. The van der Waals surface area contributed by atoms with Crippen LogP contribution >= 0.6 is 11.6 Å². The fraction of sp³-hybridized carbons (Fsp3) is 0. The summed E-state index contributed by atoms with van der Waals surface area (Å²) in [6.07, 6.45) is 1.39. The number of aromatic nitrogens is 5. The SMILES string of the molecule is O=C(Nc1nc(Cl)c2[nH]cnc2n1)c1ccc([N+](=O)[O-])[nH]1. The zero-order valence-corrected chi connectivity index (χ0v) is 10.9. The third kappa shape index (κ3) is 2.39. The van der Waals surface area contributed by atoms with Crippen LogP contribution in [-0.2, 0) is 0 Å². The second-order valence-electron chi connectivity index (χ2n) is 3.91. The zero-order valence-electron chi connectivity index (χ0n) is 10.1. The second-order valence-corrected chi connectivity index (χ2v) is 4.27. The minimum atomic E-state index is -0.639. The number of halogens is 1. The Morgan fingerprint density at radius 1 is 1.38 bits per heavy atom. The van der Waals surface area contributed by atoms with Crippen molar-refractivity contribution < 1.29 is 9.72 Å². The number of nitro groups is 1. The van der Waals surface area contributed by atoms with Gasteiger partial charge in [-0.25, -0.2) is 9.97 Å². The maximum absolute atomic E-state index is 11.9. The molecule has 3 aromatic heterocycles. The molecule has 0 aromatic carbocycles. The average molecular weight is 308 g/mol. The van der Waals surface area contributed by atoms with E-state index in [0.29, 0.717) is 11.2 Å². The first-order valence-corrected chi connectivity index (χ1v) is 5.94. The van der Waals surface area contributed by atoms with Crippen LogP contribution in [0.5, 0.6) is 0 Å². The Hall–Kier alpha value is -3.01. The largest absolute Gasteiger partial charge is 0.358 e. The Labute approximate surface area is 120 Å². The predicted molar refractivity (Wildman–Crippen MR) is 72.1 cm³/mol. The molecule has 3 N–H and O–H groups in total. The molecule has 3 heterocycles. The van der Waals surface area contributed by atoms with E-state index in [1.807, 2.05) is 0 Å². The Morgan fingerprint density at radius 2 is 2.19 bits per heavy atom. The van der Waals surface area contributed by atoms with Gasteiger partial charge in [-0.05, 0) is 11.0 Å². The molecule has 0 spiro atoms. The highest BCUT2D eigenvalue weighted by atomic mass is 35.5. The van der Waals surface area contributed by atoms with Gasteiger partial charge in [0.25, 0.3) is 5.91 Å². The van der Waals surface area contributed by atoms with Crippen molar-refractivity contribution in [3.8, 4) is 0 Å². The molecule has 0 fully saturated rings. The molecule has 1 amide bonds. The van der Waals surface area contributed by atoms with Crippen LogP contribution in [0, 0.1) is 10.1 Å². The van der Waals surface area contributed by atoms with E-state index in [9.17, 15) is 14.9 Å².